The van der Waals surface area contributed by atoms with Gasteiger partial charge >= 0.3 is 0 Å². The maximum absolute atomic E-state index is 12.5. The Labute approximate surface area is 128 Å². The molecule has 0 bridgehead atoms. The van der Waals surface area contributed by atoms with Gasteiger partial charge in [0.05, 0.1) is 16.3 Å². The fourth-order valence-corrected chi connectivity index (χ4v) is 4.28. The number of nitrogens with two attached hydrogens (primary N) is 1. The SMILES string of the molecule is Nc1ccc(Cl)cc1S(=O)(=O)CC1Cc2ccccc2O1. The summed E-state index contributed by atoms with van der Waals surface area (Å²) in [6.07, 6.45) is 0.182. The monoisotopic (exact) mass is 323 g/mol. The lowest BCUT2D eigenvalue weighted by Gasteiger charge is -2.13. The number of hydrogen-bond donors (Lipinski definition) is 1. The van der Waals surface area contributed by atoms with Crippen molar-refractivity contribution < 1.29 is 13.2 Å². The van der Waals surface area contributed by atoms with Gasteiger partial charge in [-0.15, -0.1) is 0 Å². The van der Waals surface area contributed by atoms with Gasteiger partial charge in [-0.1, -0.05) is 29.8 Å². The van der Waals surface area contributed by atoms with Gasteiger partial charge in [0.25, 0.3) is 0 Å². The molecule has 3 rings (SSSR count). The van der Waals surface area contributed by atoms with Crippen LogP contribution in [0.3, 0.4) is 0 Å². The molecule has 0 spiro atoms. The van der Waals surface area contributed by atoms with Gasteiger partial charge < -0.3 is 10.5 Å². The van der Waals surface area contributed by atoms with Crippen LogP contribution < -0.4 is 10.5 Å². The van der Waals surface area contributed by atoms with Gasteiger partial charge in [0.2, 0.25) is 0 Å². The molecule has 0 aromatic heterocycles. The molecule has 0 amide bonds. The maximum atomic E-state index is 12.5. The van der Waals surface area contributed by atoms with Crippen molar-refractivity contribution in [1.82, 2.24) is 0 Å². The van der Waals surface area contributed by atoms with E-state index in [9.17, 15) is 8.42 Å². The Hall–Kier alpha value is -1.72. The molecule has 0 fully saturated rings. The molecule has 1 heterocycles. The predicted molar refractivity (Wildman–Crippen MR) is 82.5 cm³/mol. The number of sulfone groups is 1. The van der Waals surface area contributed by atoms with Crippen LogP contribution in [0, 0.1) is 0 Å². The largest absolute Gasteiger partial charge is 0.489 e. The van der Waals surface area contributed by atoms with Gasteiger partial charge in [-0.2, -0.15) is 0 Å². The van der Waals surface area contributed by atoms with E-state index < -0.39 is 15.9 Å². The Bertz CT molecular complexity index is 764. The molecule has 0 saturated carbocycles. The maximum Gasteiger partial charge on any atom is 0.184 e. The van der Waals surface area contributed by atoms with Gasteiger partial charge in [0, 0.05) is 11.4 Å². The van der Waals surface area contributed by atoms with Crippen LogP contribution in [0.25, 0.3) is 0 Å². The zero-order chi connectivity index (χ0) is 15.0. The van der Waals surface area contributed by atoms with E-state index in [0.29, 0.717) is 11.4 Å². The number of benzene rings is 2. The zero-order valence-corrected chi connectivity index (χ0v) is 12.7. The molecule has 4 nitrogen and oxygen atoms in total. The minimum atomic E-state index is -3.55. The minimum Gasteiger partial charge on any atom is -0.489 e. The van der Waals surface area contributed by atoms with Crippen molar-refractivity contribution in [1.29, 1.82) is 0 Å². The van der Waals surface area contributed by atoms with E-state index in [4.69, 9.17) is 22.1 Å². The summed E-state index contributed by atoms with van der Waals surface area (Å²) in [4.78, 5) is 0.0644. The van der Waals surface area contributed by atoms with Crippen molar-refractivity contribution in [3.63, 3.8) is 0 Å². The Balaban J connectivity index is 1.84. The minimum absolute atomic E-state index is 0.0644. The summed E-state index contributed by atoms with van der Waals surface area (Å²) >= 11 is 5.86. The van der Waals surface area contributed by atoms with Gasteiger partial charge in [0.1, 0.15) is 11.9 Å². The van der Waals surface area contributed by atoms with Crippen molar-refractivity contribution in [3.8, 4) is 5.75 Å². The van der Waals surface area contributed by atoms with Crippen LogP contribution >= 0.6 is 11.6 Å². The number of anilines is 1. The fraction of sp³-hybridized carbons (Fsp3) is 0.200. The summed E-state index contributed by atoms with van der Waals surface area (Å²) in [5.41, 5.74) is 6.98. The average Bonchev–Trinajstić information content (AvgIpc) is 2.82. The number of ether oxygens (including phenoxy) is 1. The Kier molecular flexibility index (Phi) is 3.55. The van der Waals surface area contributed by atoms with Crippen LogP contribution in [-0.2, 0) is 16.3 Å². The Morgan fingerprint density at radius 3 is 2.76 bits per heavy atom. The lowest BCUT2D eigenvalue weighted by Crippen LogP contribution is -2.25. The number of fused-ring (bicyclic) bond motifs is 1. The number of halogens is 1. The quantitative estimate of drug-likeness (QED) is 0.882. The molecule has 1 atom stereocenters. The number of para-hydroxylation sites is 1. The Morgan fingerprint density at radius 2 is 2.00 bits per heavy atom. The molecule has 6 heteroatoms. The molecule has 110 valence electrons. The topological polar surface area (TPSA) is 69.4 Å². The van der Waals surface area contributed by atoms with Crippen molar-refractivity contribution in [3.05, 3.63) is 53.1 Å². The summed E-state index contributed by atoms with van der Waals surface area (Å²) < 4.78 is 30.7. The summed E-state index contributed by atoms with van der Waals surface area (Å²) in [5, 5.41) is 0.346. The highest BCUT2D eigenvalue weighted by molar-refractivity contribution is 7.91. The number of nitrogen functional groups attached to an aromatic ring is 1. The highest BCUT2D eigenvalue weighted by atomic mass is 35.5. The smallest absolute Gasteiger partial charge is 0.184 e. The van der Waals surface area contributed by atoms with E-state index in [-0.39, 0.29) is 16.3 Å². The van der Waals surface area contributed by atoms with E-state index in [1.807, 2.05) is 24.3 Å². The standard InChI is InChI=1S/C15H14ClNO3S/c16-11-5-6-13(17)15(8-11)21(18,19)9-12-7-10-3-1-2-4-14(10)20-12/h1-6,8,12H,7,9,17H2. The molecule has 2 N–H and O–H groups in total. The number of rotatable bonds is 3. The van der Waals surface area contributed by atoms with E-state index in [2.05, 4.69) is 0 Å². The third kappa shape index (κ3) is 2.84. The van der Waals surface area contributed by atoms with Gasteiger partial charge in [0.15, 0.2) is 9.84 Å². The van der Waals surface area contributed by atoms with Crippen molar-refractivity contribution in [2.24, 2.45) is 0 Å². The summed E-state index contributed by atoms with van der Waals surface area (Å²) in [7, 11) is -3.55. The molecule has 21 heavy (non-hydrogen) atoms. The van der Waals surface area contributed by atoms with Crippen molar-refractivity contribution in [2.75, 3.05) is 11.5 Å². The molecule has 2 aromatic rings. The Morgan fingerprint density at radius 1 is 1.24 bits per heavy atom. The molecule has 0 radical (unpaired) electrons. The summed E-state index contributed by atoms with van der Waals surface area (Å²) in [5.74, 6) is 0.628. The van der Waals surface area contributed by atoms with Crippen LogP contribution in [-0.4, -0.2) is 20.3 Å². The van der Waals surface area contributed by atoms with Gasteiger partial charge in [-0.25, -0.2) is 8.42 Å². The van der Waals surface area contributed by atoms with E-state index in [1.54, 1.807) is 6.07 Å². The fourth-order valence-electron chi connectivity index (χ4n) is 2.46. The molecule has 1 unspecified atom stereocenters. The van der Waals surface area contributed by atoms with Crippen LogP contribution in [0.4, 0.5) is 5.69 Å². The highest BCUT2D eigenvalue weighted by Gasteiger charge is 2.29. The first-order valence-electron chi connectivity index (χ1n) is 6.48. The van der Waals surface area contributed by atoms with Crippen molar-refractivity contribution in [2.45, 2.75) is 17.4 Å². The first kappa shape index (κ1) is 14.2. The highest BCUT2D eigenvalue weighted by Crippen LogP contribution is 2.31. The molecule has 0 saturated heterocycles. The van der Waals surface area contributed by atoms with Gasteiger partial charge in [-0.05, 0) is 29.8 Å². The van der Waals surface area contributed by atoms with Crippen LogP contribution in [0.1, 0.15) is 5.56 Å². The molecular weight excluding hydrogens is 310 g/mol. The number of hydrogen-bond acceptors (Lipinski definition) is 4. The van der Waals surface area contributed by atoms with Crippen LogP contribution in [0.15, 0.2) is 47.4 Å². The second-order valence-corrected chi connectivity index (χ2v) is 7.45. The van der Waals surface area contributed by atoms with E-state index >= 15 is 0 Å². The molecule has 1 aliphatic rings. The third-order valence-corrected chi connectivity index (χ3v) is 5.50. The summed E-state index contributed by atoms with van der Waals surface area (Å²) in [6.45, 7) is 0. The van der Waals surface area contributed by atoms with E-state index in [1.165, 1.54) is 12.1 Å². The first-order valence-corrected chi connectivity index (χ1v) is 8.51. The molecule has 1 aliphatic heterocycles. The molecule has 2 aromatic carbocycles. The lowest BCUT2D eigenvalue weighted by molar-refractivity contribution is 0.256. The van der Waals surface area contributed by atoms with Crippen LogP contribution in [0.2, 0.25) is 5.02 Å². The summed E-state index contributed by atoms with van der Waals surface area (Å²) in [6, 6.07) is 12.0. The second kappa shape index (κ2) is 5.24. The third-order valence-electron chi connectivity index (χ3n) is 3.43. The predicted octanol–water partition coefficient (Wildman–Crippen LogP) is 2.70. The molecular formula is C15H14ClNO3S. The van der Waals surface area contributed by atoms with Gasteiger partial charge in [-0.3, -0.25) is 0 Å². The zero-order valence-electron chi connectivity index (χ0n) is 11.1. The normalized spacial score (nSPS) is 17.3. The van der Waals surface area contributed by atoms with E-state index in [0.717, 1.165) is 11.3 Å². The lowest BCUT2D eigenvalue weighted by atomic mass is 10.1. The van der Waals surface area contributed by atoms with Crippen molar-refractivity contribution >= 4 is 27.1 Å². The average molecular weight is 324 g/mol. The molecule has 0 aliphatic carbocycles. The second-order valence-electron chi connectivity index (χ2n) is 5.02. The first-order chi connectivity index (χ1) is 9.95. The van der Waals surface area contributed by atoms with Crippen LogP contribution in [0.5, 0.6) is 5.75 Å².